The summed E-state index contributed by atoms with van der Waals surface area (Å²) in [5.41, 5.74) is 3.55. The number of carbonyl (C=O) groups is 1. The number of rotatable bonds is 8. The van der Waals surface area contributed by atoms with Crippen LogP contribution in [0.15, 0.2) is 94.3 Å². The van der Waals surface area contributed by atoms with Crippen LogP contribution in [0, 0.1) is 0 Å². The van der Waals surface area contributed by atoms with Gasteiger partial charge in [0.15, 0.2) is 6.61 Å². The SMILES string of the molecule is O=C(O)COc1ccc(SC/C=C(\c2ccccc2)c2ccc(Br)cc2)cc1. The number of halogens is 1. The maximum Gasteiger partial charge on any atom is 0.341 e. The van der Waals surface area contributed by atoms with E-state index in [0.29, 0.717) is 5.75 Å². The molecule has 0 spiro atoms. The first-order valence-corrected chi connectivity index (χ1v) is 10.5. The van der Waals surface area contributed by atoms with E-state index in [9.17, 15) is 4.79 Å². The molecule has 0 atom stereocenters. The summed E-state index contributed by atoms with van der Waals surface area (Å²) in [6, 6.07) is 26.1. The Morgan fingerprint density at radius 1 is 0.929 bits per heavy atom. The maximum atomic E-state index is 10.6. The predicted octanol–water partition coefficient (Wildman–Crippen LogP) is 6.14. The van der Waals surface area contributed by atoms with Gasteiger partial charge in [-0.05, 0) is 53.1 Å². The third kappa shape index (κ3) is 6.01. The minimum Gasteiger partial charge on any atom is -0.482 e. The van der Waals surface area contributed by atoms with Gasteiger partial charge in [-0.15, -0.1) is 11.8 Å². The number of aliphatic carboxylic acids is 1. The molecular formula is C23H19BrO3S. The summed E-state index contributed by atoms with van der Waals surface area (Å²) in [4.78, 5) is 11.7. The fourth-order valence-electron chi connectivity index (χ4n) is 2.65. The standard InChI is InChI=1S/C23H19BrO3S/c24-19-8-6-18(7-9-19)22(17-4-2-1-3-5-17)14-15-28-21-12-10-20(11-13-21)27-16-23(25)26/h1-14H,15-16H2,(H,25,26)/b22-14+. The summed E-state index contributed by atoms with van der Waals surface area (Å²) in [5, 5.41) is 8.66. The van der Waals surface area contributed by atoms with E-state index >= 15 is 0 Å². The summed E-state index contributed by atoms with van der Waals surface area (Å²) in [5.74, 6) is 0.391. The lowest BCUT2D eigenvalue weighted by Crippen LogP contribution is -2.09. The fraction of sp³-hybridized carbons (Fsp3) is 0.0870. The van der Waals surface area contributed by atoms with Crippen LogP contribution in [0.4, 0.5) is 0 Å². The molecule has 0 aliphatic heterocycles. The van der Waals surface area contributed by atoms with E-state index < -0.39 is 5.97 Å². The normalized spacial score (nSPS) is 11.2. The zero-order valence-electron chi connectivity index (χ0n) is 15.0. The average Bonchev–Trinajstić information content (AvgIpc) is 2.72. The van der Waals surface area contributed by atoms with Crippen LogP contribution in [0.3, 0.4) is 0 Å². The lowest BCUT2D eigenvalue weighted by molar-refractivity contribution is -0.139. The second-order valence-electron chi connectivity index (χ2n) is 5.96. The summed E-state index contributed by atoms with van der Waals surface area (Å²) in [7, 11) is 0. The minimum atomic E-state index is -0.982. The first kappa shape index (κ1) is 20.2. The molecule has 3 rings (SSSR count). The van der Waals surface area contributed by atoms with Crippen molar-refractivity contribution in [2.75, 3.05) is 12.4 Å². The highest BCUT2D eigenvalue weighted by Gasteiger charge is 2.05. The molecule has 0 fully saturated rings. The van der Waals surface area contributed by atoms with E-state index in [2.05, 4.69) is 58.4 Å². The quantitative estimate of drug-likeness (QED) is 0.415. The molecule has 0 bridgehead atoms. The smallest absolute Gasteiger partial charge is 0.341 e. The topological polar surface area (TPSA) is 46.5 Å². The number of carboxylic acids is 1. The third-order valence-corrected chi connectivity index (χ3v) is 5.43. The van der Waals surface area contributed by atoms with Gasteiger partial charge in [0.1, 0.15) is 5.75 Å². The van der Waals surface area contributed by atoms with Crippen molar-refractivity contribution in [1.82, 2.24) is 0 Å². The van der Waals surface area contributed by atoms with Crippen LogP contribution >= 0.6 is 27.7 Å². The van der Waals surface area contributed by atoms with Crippen LogP contribution in [0.5, 0.6) is 5.75 Å². The zero-order chi connectivity index (χ0) is 19.8. The van der Waals surface area contributed by atoms with Crippen LogP contribution in [-0.2, 0) is 4.79 Å². The van der Waals surface area contributed by atoms with Crippen LogP contribution < -0.4 is 4.74 Å². The number of ether oxygens (including phenoxy) is 1. The summed E-state index contributed by atoms with van der Waals surface area (Å²) < 4.78 is 6.22. The van der Waals surface area contributed by atoms with Gasteiger partial charge in [-0.3, -0.25) is 0 Å². The Balaban J connectivity index is 1.71. The van der Waals surface area contributed by atoms with Gasteiger partial charge in [-0.2, -0.15) is 0 Å². The third-order valence-electron chi connectivity index (χ3n) is 3.96. The summed E-state index contributed by atoms with van der Waals surface area (Å²) in [6.07, 6.45) is 2.23. The van der Waals surface area contributed by atoms with Crippen LogP contribution in [-0.4, -0.2) is 23.4 Å². The summed E-state index contributed by atoms with van der Waals surface area (Å²) >= 11 is 5.21. The van der Waals surface area contributed by atoms with Crippen LogP contribution in [0.1, 0.15) is 11.1 Å². The van der Waals surface area contributed by atoms with Gasteiger partial charge in [0, 0.05) is 15.1 Å². The lowest BCUT2D eigenvalue weighted by Gasteiger charge is -2.09. The summed E-state index contributed by atoms with van der Waals surface area (Å²) in [6.45, 7) is -0.331. The number of thioether (sulfide) groups is 1. The first-order valence-electron chi connectivity index (χ1n) is 8.71. The van der Waals surface area contributed by atoms with Crippen LogP contribution in [0.25, 0.3) is 5.57 Å². The Bertz CT molecular complexity index is 936. The van der Waals surface area contributed by atoms with Crippen molar-refractivity contribution in [3.05, 3.63) is 101 Å². The van der Waals surface area contributed by atoms with Crippen molar-refractivity contribution in [2.24, 2.45) is 0 Å². The minimum absolute atomic E-state index is 0.331. The first-order chi connectivity index (χ1) is 13.6. The lowest BCUT2D eigenvalue weighted by atomic mass is 9.98. The van der Waals surface area contributed by atoms with Crippen molar-refractivity contribution in [2.45, 2.75) is 4.90 Å². The largest absolute Gasteiger partial charge is 0.482 e. The van der Waals surface area contributed by atoms with Gasteiger partial charge < -0.3 is 9.84 Å². The zero-order valence-corrected chi connectivity index (χ0v) is 17.4. The molecular weight excluding hydrogens is 436 g/mol. The Hall–Kier alpha value is -2.50. The number of hydrogen-bond acceptors (Lipinski definition) is 3. The number of hydrogen-bond donors (Lipinski definition) is 1. The molecule has 0 unspecified atom stereocenters. The molecule has 0 aromatic heterocycles. The van der Waals surface area contributed by atoms with Gasteiger partial charge in [0.25, 0.3) is 0 Å². The second-order valence-corrected chi connectivity index (χ2v) is 7.96. The van der Waals surface area contributed by atoms with Gasteiger partial charge in [-0.1, -0.05) is 64.5 Å². The molecule has 0 amide bonds. The highest BCUT2D eigenvalue weighted by atomic mass is 79.9. The molecule has 3 aromatic rings. The molecule has 0 radical (unpaired) electrons. The maximum absolute atomic E-state index is 10.6. The number of carboxylic acid groups (broad SMARTS) is 1. The van der Waals surface area contributed by atoms with Gasteiger partial charge in [0.2, 0.25) is 0 Å². The van der Waals surface area contributed by atoms with Gasteiger partial charge in [-0.25, -0.2) is 4.79 Å². The average molecular weight is 455 g/mol. The second kappa shape index (κ2) is 10.2. The molecule has 0 heterocycles. The highest BCUT2D eigenvalue weighted by Crippen LogP contribution is 2.27. The molecule has 0 aliphatic carbocycles. The molecule has 1 N–H and O–H groups in total. The molecule has 0 saturated heterocycles. The molecule has 5 heteroatoms. The van der Waals surface area contributed by atoms with Crippen molar-refractivity contribution < 1.29 is 14.6 Å². The van der Waals surface area contributed by atoms with Gasteiger partial charge in [0.05, 0.1) is 0 Å². The van der Waals surface area contributed by atoms with E-state index in [1.54, 1.807) is 23.9 Å². The van der Waals surface area contributed by atoms with Crippen molar-refractivity contribution in [3.8, 4) is 5.75 Å². The van der Waals surface area contributed by atoms with E-state index in [0.717, 1.165) is 15.1 Å². The molecule has 3 aromatic carbocycles. The molecule has 0 saturated carbocycles. The van der Waals surface area contributed by atoms with Gasteiger partial charge >= 0.3 is 5.97 Å². The molecule has 28 heavy (non-hydrogen) atoms. The molecule has 0 aliphatic rings. The van der Waals surface area contributed by atoms with E-state index in [4.69, 9.17) is 9.84 Å². The Morgan fingerprint density at radius 3 is 2.21 bits per heavy atom. The Kier molecular flexibility index (Phi) is 7.34. The molecule has 142 valence electrons. The van der Waals surface area contributed by atoms with Crippen molar-refractivity contribution in [3.63, 3.8) is 0 Å². The van der Waals surface area contributed by atoms with E-state index in [1.165, 1.54) is 16.7 Å². The fourth-order valence-corrected chi connectivity index (χ4v) is 3.68. The number of benzene rings is 3. The monoisotopic (exact) mass is 454 g/mol. The van der Waals surface area contributed by atoms with E-state index in [1.807, 2.05) is 30.3 Å². The van der Waals surface area contributed by atoms with E-state index in [-0.39, 0.29) is 6.61 Å². The molecule has 3 nitrogen and oxygen atoms in total. The van der Waals surface area contributed by atoms with Crippen molar-refractivity contribution >= 4 is 39.2 Å². The highest BCUT2D eigenvalue weighted by molar-refractivity contribution is 9.10. The van der Waals surface area contributed by atoms with Crippen molar-refractivity contribution in [1.29, 1.82) is 0 Å². The Labute approximate surface area is 177 Å². The predicted molar refractivity (Wildman–Crippen MR) is 118 cm³/mol. The van der Waals surface area contributed by atoms with Crippen LogP contribution in [0.2, 0.25) is 0 Å². The Morgan fingerprint density at radius 2 is 1.57 bits per heavy atom.